The van der Waals surface area contributed by atoms with Crippen molar-refractivity contribution in [3.63, 3.8) is 0 Å². The summed E-state index contributed by atoms with van der Waals surface area (Å²) in [5.74, 6) is 0.997. The Morgan fingerprint density at radius 2 is 1.71 bits per heavy atom. The third kappa shape index (κ3) is 4.23. The molecule has 1 aliphatic carbocycles. The molecule has 0 spiro atoms. The monoisotopic (exact) mass is 239 g/mol. The molecule has 1 N–H and O–H groups in total. The minimum atomic E-state index is 0.896. The van der Waals surface area contributed by atoms with Crippen molar-refractivity contribution in [2.24, 2.45) is 5.92 Å². The first-order valence-corrected chi connectivity index (χ1v) is 7.35. The Labute approximate surface area is 107 Å². The summed E-state index contributed by atoms with van der Waals surface area (Å²) in [6.07, 6.45) is 7.21. The number of hydrogen-bond acceptors (Lipinski definition) is 3. The average Bonchev–Trinajstić information content (AvgIpc) is 2.38. The van der Waals surface area contributed by atoms with E-state index in [1.807, 2.05) is 0 Å². The van der Waals surface area contributed by atoms with Crippen LogP contribution in [0.25, 0.3) is 0 Å². The van der Waals surface area contributed by atoms with Gasteiger partial charge in [0, 0.05) is 32.2 Å². The second-order valence-corrected chi connectivity index (χ2v) is 6.05. The summed E-state index contributed by atoms with van der Waals surface area (Å²) in [5.41, 5.74) is 0. The van der Waals surface area contributed by atoms with Crippen molar-refractivity contribution in [3.8, 4) is 0 Å². The Hall–Kier alpha value is -0.120. The van der Waals surface area contributed by atoms with Crippen LogP contribution in [0.4, 0.5) is 0 Å². The van der Waals surface area contributed by atoms with Crippen LogP contribution in [-0.2, 0) is 0 Å². The van der Waals surface area contributed by atoms with Crippen LogP contribution in [0.15, 0.2) is 0 Å². The summed E-state index contributed by atoms with van der Waals surface area (Å²) in [7, 11) is 4.37. The second kappa shape index (κ2) is 6.72. The molecular weight excluding hydrogens is 210 g/mol. The highest BCUT2D eigenvalue weighted by atomic mass is 15.2. The minimum absolute atomic E-state index is 0.896. The van der Waals surface area contributed by atoms with Crippen LogP contribution in [0, 0.1) is 5.92 Å². The van der Waals surface area contributed by atoms with Crippen molar-refractivity contribution in [2.45, 2.75) is 38.1 Å². The number of nitrogens with one attached hydrogen (secondary N) is 1. The first-order chi connectivity index (χ1) is 8.25. The molecule has 2 aliphatic rings. The molecule has 2 rings (SSSR count). The zero-order chi connectivity index (χ0) is 12.1. The lowest BCUT2D eigenvalue weighted by atomic mass is 9.83. The van der Waals surface area contributed by atoms with Crippen molar-refractivity contribution >= 4 is 0 Å². The molecule has 0 atom stereocenters. The molecule has 1 heterocycles. The maximum atomic E-state index is 3.45. The third-order valence-corrected chi connectivity index (χ3v) is 4.47. The van der Waals surface area contributed by atoms with Crippen LogP contribution in [-0.4, -0.2) is 62.7 Å². The third-order valence-electron chi connectivity index (χ3n) is 4.47. The fourth-order valence-corrected chi connectivity index (χ4v) is 3.29. The smallest absolute Gasteiger partial charge is 0.0110 e. The molecule has 0 radical (unpaired) electrons. The maximum Gasteiger partial charge on any atom is 0.0110 e. The van der Waals surface area contributed by atoms with Crippen LogP contribution < -0.4 is 5.32 Å². The predicted molar refractivity (Wildman–Crippen MR) is 73.4 cm³/mol. The summed E-state index contributed by atoms with van der Waals surface area (Å²) >= 11 is 0. The summed E-state index contributed by atoms with van der Waals surface area (Å²) in [6, 6.07) is 0.896. The van der Waals surface area contributed by atoms with E-state index in [9.17, 15) is 0 Å². The predicted octanol–water partition coefficient (Wildman–Crippen LogP) is 1.40. The van der Waals surface area contributed by atoms with E-state index in [4.69, 9.17) is 0 Å². The van der Waals surface area contributed by atoms with Crippen LogP contribution in [0.2, 0.25) is 0 Å². The molecular formula is C14H29N3. The normalized spacial score (nSPS) is 31.9. The summed E-state index contributed by atoms with van der Waals surface area (Å²) in [4.78, 5) is 5.04. The van der Waals surface area contributed by atoms with Crippen molar-refractivity contribution in [3.05, 3.63) is 0 Å². The van der Waals surface area contributed by atoms with E-state index in [-0.39, 0.29) is 0 Å². The van der Waals surface area contributed by atoms with E-state index in [1.165, 1.54) is 64.8 Å². The lowest BCUT2D eigenvalue weighted by molar-refractivity contribution is 0.118. The van der Waals surface area contributed by atoms with Gasteiger partial charge in [-0.15, -0.1) is 0 Å². The van der Waals surface area contributed by atoms with Gasteiger partial charge in [-0.25, -0.2) is 0 Å². The molecule has 2 fully saturated rings. The largest absolute Gasteiger partial charge is 0.314 e. The van der Waals surface area contributed by atoms with Crippen LogP contribution in [0.5, 0.6) is 0 Å². The van der Waals surface area contributed by atoms with Gasteiger partial charge >= 0.3 is 0 Å². The van der Waals surface area contributed by atoms with Crippen LogP contribution in [0.1, 0.15) is 32.1 Å². The number of piperazine rings is 1. The second-order valence-electron chi connectivity index (χ2n) is 6.05. The van der Waals surface area contributed by atoms with Crippen LogP contribution >= 0.6 is 0 Å². The van der Waals surface area contributed by atoms with Gasteiger partial charge in [-0.2, -0.15) is 0 Å². The zero-order valence-electron chi connectivity index (χ0n) is 11.6. The van der Waals surface area contributed by atoms with Gasteiger partial charge in [0.15, 0.2) is 0 Å². The fraction of sp³-hybridized carbons (Fsp3) is 1.00. The molecule has 0 aromatic carbocycles. The lowest BCUT2D eigenvalue weighted by Crippen LogP contribution is -2.49. The first-order valence-electron chi connectivity index (χ1n) is 7.35. The molecule has 1 saturated heterocycles. The van der Waals surface area contributed by atoms with Crippen LogP contribution in [0.3, 0.4) is 0 Å². The summed E-state index contributed by atoms with van der Waals surface area (Å²) in [6.45, 7) is 6.20. The molecule has 0 unspecified atom stereocenters. The highest BCUT2D eigenvalue weighted by molar-refractivity contribution is 4.82. The van der Waals surface area contributed by atoms with E-state index in [1.54, 1.807) is 0 Å². The standard InChI is InChI=1S/C14H29N3/c1-16(2)10-7-13-3-5-14(6-4-13)17-11-8-15-9-12-17/h13-15H,3-12H2,1-2H3. The van der Waals surface area contributed by atoms with E-state index in [0.29, 0.717) is 0 Å². The molecule has 100 valence electrons. The van der Waals surface area contributed by atoms with Gasteiger partial charge < -0.3 is 10.2 Å². The van der Waals surface area contributed by atoms with Crippen molar-refractivity contribution in [1.82, 2.24) is 15.1 Å². The Morgan fingerprint density at radius 1 is 1.06 bits per heavy atom. The van der Waals surface area contributed by atoms with E-state index < -0.39 is 0 Å². The molecule has 1 aliphatic heterocycles. The molecule has 0 bridgehead atoms. The van der Waals surface area contributed by atoms with E-state index >= 15 is 0 Å². The Kier molecular flexibility index (Phi) is 5.26. The first kappa shape index (κ1) is 13.3. The molecule has 3 nitrogen and oxygen atoms in total. The SMILES string of the molecule is CN(C)CCC1CCC(N2CCNCC2)CC1. The summed E-state index contributed by atoms with van der Waals surface area (Å²) < 4.78 is 0. The Balaban J connectivity index is 1.66. The van der Waals surface area contributed by atoms with E-state index in [0.717, 1.165) is 12.0 Å². The van der Waals surface area contributed by atoms with Crippen molar-refractivity contribution < 1.29 is 0 Å². The Morgan fingerprint density at radius 3 is 2.29 bits per heavy atom. The van der Waals surface area contributed by atoms with Crippen molar-refractivity contribution in [1.29, 1.82) is 0 Å². The molecule has 1 saturated carbocycles. The number of nitrogens with zero attached hydrogens (tertiary/aromatic N) is 2. The number of rotatable bonds is 4. The fourth-order valence-electron chi connectivity index (χ4n) is 3.29. The quantitative estimate of drug-likeness (QED) is 0.800. The zero-order valence-corrected chi connectivity index (χ0v) is 11.6. The van der Waals surface area contributed by atoms with E-state index in [2.05, 4.69) is 29.2 Å². The molecule has 3 heteroatoms. The highest BCUT2D eigenvalue weighted by Gasteiger charge is 2.26. The topological polar surface area (TPSA) is 18.5 Å². The summed E-state index contributed by atoms with van der Waals surface area (Å²) in [5, 5.41) is 3.45. The van der Waals surface area contributed by atoms with Gasteiger partial charge in [-0.3, -0.25) is 4.90 Å². The number of hydrogen-bond donors (Lipinski definition) is 1. The molecule has 0 aromatic rings. The van der Waals surface area contributed by atoms with Gasteiger partial charge in [0.25, 0.3) is 0 Å². The van der Waals surface area contributed by atoms with Crippen molar-refractivity contribution in [2.75, 3.05) is 46.8 Å². The average molecular weight is 239 g/mol. The minimum Gasteiger partial charge on any atom is -0.314 e. The van der Waals surface area contributed by atoms with Gasteiger partial charge in [0.2, 0.25) is 0 Å². The highest BCUT2D eigenvalue weighted by Crippen LogP contribution is 2.29. The maximum absolute atomic E-state index is 3.45. The molecule has 17 heavy (non-hydrogen) atoms. The van der Waals surface area contributed by atoms with Gasteiger partial charge in [0.05, 0.1) is 0 Å². The molecule has 0 aromatic heterocycles. The lowest BCUT2D eigenvalue weighted by Gasteiger charge is -2.39. The van der Waals surface area contributed by atoms with Gasteiger partial charge in [-0.1, -0.05) is 0 Å². The van der Waals surface area contributed by atoms with Gasteiger partial charge in [0.1, 0.15) is 0 Å². The molecule has 0 amide bonds. The Bertz CT molecular complexity index is 204. The van der Waals surface area contributed by atoms with Gasteiger partial charge in [-0.05, 0) is 58.7 Å².